The molecule has 4 N–H and O–H groups in total. The summed E-state index contributed by atoms with van der Waals surface area (Å²) in [5, 5.41) is 11.8. The number of carbonyl (C=O) groups excluding carboxylic acids is 1. The van der Waals surface area contributed by atoms with Gasteiger partial charge in [-0.1, -0.05) is 13.8 Å². The number of hydrogen-bond donors (Lipinski definition) is 3. The number of carboxylic acid groups (broad SMARTS) is 1. The van der Waals surface area contributed by atoms with Gasteiger partial charge in [-0.25, -0.2) is 0 Å². The predicted molar refractivity (Wildman–Crippen MR) is 64.3 cm³/mol. The van der Waals surface area contributed by atoms with E-state index in [0.29, 0.717) is 19.4 Å². The number of nitrogens with two attached hydrogens (primary N) is 1. The molecule has 0 aromatic carbocycles. The standard InChI is InChI=1S/C12H22N2O3/c1-7(2)10(6-13)11(15)14-9-4-3-8(5-9)12(16)17/h7-10H,3-6,13H2,1-2H3,(H,14,15)(H,16,17)/t8-,9+,10?/m1/s1. The highest BCUT2D eigenvalue weighted by Gasteiger charge is 2.32. The van der Waals surface area contributed by atoms with Gasteiger partial charge < -0.3 is 16.2 Å². The molecule has 0 saturated heterocycles. The van der Waals surface area contributed by atoms with Gasteiger partial charge in [-0.05, 0) is 25.2 Å². The molecule has 5 nitrogen and oxygen atoms in total. The Labute approximate surface area is 102 Å². The van der Waals surface area contributed by atoms with E-state index in [2.05, 4.69) is 5.32 Å². The lowest BCUT2D eigenvalue weighted by molar-refractivity contribution is -0.141. The molecule has 1 aliphatic rings. The lowest BCUT2D eigenvalue weighted by Crippen LogP contribution is -2.42. The molecule has 98 valence electrons. The van der Waals surface area contributed by atoms with Gasteiger partial charge in [-0.15, -0.1) is 0 Å². The van der Waals surface area contributed by atoms with Gasteiger partial charge in [-0.3, -0.25) is 9.59 Å². The molecule has 3 atom stereocenters. The van der Waals surface area contributed by atoms with Gasteiger partial charge >= 0.3 is 5.97 Å². The van der Waals surface area contributed by atoms with Crippen molar-refractivity contribution in [3.8, 4) is 0 Å². The van der Waals surface area contributed by atoms with E-state index < -0.39 is 5.97 Å². The van der Waals surface area contributed by atoms with Crippen LogP contribution in [0.3, 0.4) is 0 Å². The molecule has 1 saturated carbocycles. The molecule has 0 spiro atoms. The zero-order valence-corrected chi connectivity index (χ0v) is 10.5. The van der Waals surface area contributed by atoms with Crippen molar-refractivity contribution in [1.82, 2.24) is 5.32 Å². The molecule has 1 rings (SSSR count). The second-order valence-corrected chi connectivity index (χ2v) is 5.14. The third kappa shape index (κ3) is 3.70. The number of aliphatic carboxylic acids is 1. The maximum Gasteiger partial charge on any atom is 0.306 e. The van der Waals surface area contributed by atoms with Gasteiger partial charge in [0.25, 0.3) is 0 Å². The van der Waals surface area contributed by atoms with E-state index >= 15 is 0 Å². The minimum absolute atomic E-state index is 0.00333. The minimum atomic E-state index is -0.763. The SMILES string of the molecule is CC(C)C(CN)C(=O)N[C@H]1CC[C@@H](C(=O)O)C1. The number of carboxylic acids is 1. The van der Waals surface area contributed by atoms with E-state index in [1.54, 1.807) is 0 Å². The summed E-state index contributed by atoms with van der Waals surface area (Å²) in [6.07, 6.45) is 1.93. The monoisotopic (exact) mass is 242 g/mol. The van der Waals surface area contributed by atoms with Gasteiger partial charge in [-0.2, -0.15) is 0 Å². The molecule has 0 bridgehead atoms. The molecular formula is C12H22N2O3. The van der Waals surface area contributed by atoms with Crippen LogP contribution >= 0.6 is 0 Å². The van der Waals surface area contributed by atoms with Crippen LogP contribution in [0.5, 0.6) is 0 Å². The molecule has 0 radical (unpaired) electrons. The van der Waals surface area contributed by atoms with Crippen molar-refractivity contribution < 1.29 is 14.7 Å². The zero-order chi connectivity index (χ0) is 13.0. The normalized spacial score (nSPS) is 25.9. The van der Waals surface area contributed by atoms with Crippen LogP contribution in [0.2, 0.25) is 0 Å². The molecular weight excluding hydrogens is 220 g/mol. The third-order valence-electron chi connectivity index (χ3n) is 3.52. The largest absolute Gasteiger partial charge is 0.481 e. The first-order valence-corrected chi connectivity index (χ1v) is 6.19. The highest BCUT2D eigenvalue weighted by Crippen LogP contribution is 2.26. The summed E-state index contributed by atoms with van der Waals surface area (Å²) >= 11 is 0. The van der Waals surface area contributed by atoms with Crippen LogP contribution in [0, 0.1) is 17.8 Å². The van der Waals surface area contributed by atoms with E-state index in [9.17, 15) is 9.59 Å². The fraction of sp³-hybridized carbons (Fsp3) is 0.833. The van der Waals surface area contributed by atoms with Gasteiger partial charge in [0, 0.05) is 12.6 Å². The van der Waals surface area contributed by atoms with Crippen LogP contribution < -0.4 is 11.1 Å². The first-order chi connectivity index (χ1) is 7.95. The molecule has 1 aliphatic carbocycles. The molecule has 0 aromatic heterocycles. The molecule has 17 heavy (non-hydrogen) atoms. The molecule has 0 aromatic rings. The summed E-state index contributed by atoms with van der Waals surface area (Å²) in [5.41, 5.74) is 5.57. The van der Waals surface area contributed by atoms with Crippen molar-refractivity contribution in [2.45, 2.75) is 39.2 Å². The van der Waals surface area contributed by atoms with Crippen molar-refractivity contribution in [1.29, 1.82) is 0 Å². The zero-order valence-electron chi connectivity index (χ0n) is 10.5. The number of carbonyl (C=O) groups is 2. The van der Waals surface area contributed by atoms with Crippen LogP contribution in [0.25, 0.3) is 0 Å². The summed E-state index contributed by atoms with van der Waals surface area (Å²) in [6.45, 7) is 4.26. The topological polar surface area (TPSA) is 92.4 Å². The molecule has 1 amide bonds. The van der Waals surface area contributed by atoms with Crippen LogP contribution in [0.4, 0.5) is 0 Å². The maximum atomic E-state index is 11.9. The summed E-state index contributed by atoms with van der Waals surface area (Å²) in [6, 6.07) is -0.00333. The molecule has 5 heteroatoms. The summed E-state index contributed by atoms with van der Waals surface area (Å²) < 4.78 is 0. The Kier molecular flexibility index (Phi) is 4.93. The van der Waals surface area contributed by atoms with Gasteiger partial charge in [0.2, 0.25) is 5.91 Å². The number of hydrogen-bond acceptors (Lipinski definition) is 3. The average molecular weight is 242 g/mol. The minimum Gasteiger partial charge on any atom is -0.481 e. The van der Waals surface area contributed by atoms with Crippen molar-refractivity contribution in [3.63, 3.8) is 0 Å². The van der Waals surface area contributed by atoms with Crippen LogP contribution in [0.15, 0.2) is 0 Å². The average Bonchev–Trinajstić information content (AvgIpc) is 2.66. The molecule has 1 unspecified atom stereocenters. The fourth-order valence-corrected chi connectivity index (χ4v) is 2.33. The maximum absolute atomic E-state index is 11.9. The first-order valence-electron chi connectivity index (χ1n) is 6.19. The number of nitrogens with one attached hydrogen (secondary N) is 1. The molecule has 0 aliphatic heterocycles. The van der Waals surface area contributed by atoms with E-state index in [-0.39, 0.29) is 29.7 Å². The lowest BCUT2D eigenvalue weighted by atomic mass is 9.94. The summed E-state index contributed by atoms with van der Waals surface area (Å²) in [4.78, 5) is 22.7. The Morgan fingerprint density at radius 2 is 2.06 bits per heavy atom. The van der Waals surface area contributed by atoms with E-state index in [1.807, 2.05) is 13.8 Å². The Balaban J connectivity index is 2.45. The second-order valence-electron chi connectivity index (χ2n) is 5.14. The predicted octanol–water partition coefficient (Wildman–Crippen LogP) is 0.587. The molecule has 0 heterocycles. The Hall–Kier alpha value is -1.10. The number of rotatable bonds is 5. The highest BCUT2D eigenvalue weighted by molar-refractivity contribution is 5.79. The van der Waals surface area contributed by atoms with E-state index in [1.165, 1.54) is 0 Å². The third-order valence-corrected chi connectivity index (χ3v) is 3.52. The van der Waals surface area contributed by atoms with E-state index in [4.69, 9.17) is 10.8 Å². The fourth-order valence-electron chi connectivity index (χ4n) is 2.33. The lowest BCUT2D eigenvalue weighted by Gasteiger charge is -2.21. The summed E-state index contributed by atoms with van der Waals surface area (Å²) in [5.74, 6) is -1.09. The Morgan fingerprint density at radius 3 is 2.47 bits per heavy atom. The van der Waals surface area contributed by atoms with Crippen molar-refractivity contribution >= 4 is 11.9 Å². The van der Waals surface area contributed by atoms with Crippen molar-refractivity contribution in [2.75, 3.05) is 6.54 Å². The smallest absolute Gasteiger partial charge is 0.306 e. The van der Waals surface area contributed by atoms with Gasteiger partial charge in [0.15, 0.2) is 0 Å². The van der Waals surface area contributed by atoms with Crippen molar-refractivity contribution in [2.24, 2.45) is 23.5 Å². The van der Waals surface area contributed by atoms with Crippen LogP contribution in [-0.2, 0) is 9.59 Å². The highest BCUT2D eigenvalue weighted by atomic mass is 16.4. The van der Waals surface area contributed by atoms with Gasteiger partial charge in [0.1, 0.15) is 0 Å². The second kappa shape index (κ2) is 6.00. The van der Waals surface area contributed by atoms with Gasteiger partial charge in [0.05, 0.1) is 11.8 Å². The Morgan fingerprint density at radius 1 is 1.41 bits per heavy atom. The Bertz CT molecular complexity index is 291. The number of amides is 1. The van der Waals surface area contributed by atoms with Crippen LogP contribution in [0.1, 0.15) is 33.1 Å². The summed E-state index contributed by atoms with van der Waals surface area (Å²) in [7, 11) is 0. The first kappa shape index (κ1) is 14.0. The quantitative estimate of drug-likeness (QED) is 0.657. The van der Waals surface area contributed by atoms with Crippen LogP contribution in [-0.4, -0.2) is 29.6 Å². The van der Waals surface area contributed by atoms with Crippen molar-refractivity contribution in [3.05, 3.63) is 0 Å². The molecule has 1 fully saturated rings. The van der Waals surface area contributed by atoms with E-state index in [0.717, 1.165) is 6.42 Å².